The number of fused-ring (bicyclic) bond motifs is 5. The Bertz CT molecular complexity index is 2860. The Morgan fingerprint density at radius 3 is 1.45 bits per heavy atom. The minimum absolute atomic E-state index is 0.888. The Morgan fingerprint density at radius 2 is 0.776 bits per heavy atom. The van der Waals surface area contributed by atoms with Crippen LogP contribution in [0.1, 0.15) is 0 Å². The van der Waals surface area contributed by atoms with Crippen molar-refractivity contribution in [2.24, 2.45) is 0 Å². The maximum absolute atomic E-state index is 6.96. The molecule has 0 spiro atoms. The van der Waals surface area contributed by atoms with Crippen LogP contribution >= 0.6 is 0 Å². The second-order valence-electron chi connectivity index (χ2n) is 12.8. The van der Waals surface area contributed by atoms with Gasteiger partial charge in [-0.25, -0.2) is 0 Å². The smallest absolute Gasteiger partial charge is 0.144 e. The lowest BCUT2D eigenvalue weighted by molar-refractivity contribution is 0.634. The molecule has 10 rings (SSSR count). The molecule has 0 aliphatic heterocycles. The first-order chi connectivity index (χ1) is 24.3. The summed E-state index contributed by atoms with van der Waals surface area (Å²) in [7, 11) is 0. The number of benzene rings is 9. The Labute approximate surface area is 284 Å². The predicted molar refractivity (Wildman–Crippen MR) is 208 cm³/mol. The summed E-state index contributed by atoms with van der Waals surface area (Å²) >= 11 is 0. The van der Waals surface area contributed by atoms with Crippen LogP contribution in [0.3, 0.4) is 0 Å². The van der Waals surface area contributed by atoms with Crippen molar-refractivity contribution >= 4 is 54.1 Å². The fraction of sp³-hybridized carbons (Fsp3) is 0. The fourth-order valence-corrected chi connectivity index (χ4v) is 7.91. The van der Waals surface area contributed by atoms with Crippen LogP contribution in [-0.2, 0) is 0 Å². The molecule has 0 aliphatic rings. The zero-order chi connectivity index (χ0) is 32.3. The molecule has 0 unspecified atom stereocenters. The van der Waals surface area contributed by atoms with Crippen LogP contribution in [0.4, 0.5) is 0 Å². The number of furan rings is 1. The van der Waals surface area contributed by atoms with Gasteiger partial charge in [0.1, 0.15) is 11.3 Å². The van der Waals surface area contributed by atoms with Crippen LogP contribution in [0.5, 0.6) is 0 Å². The second kappa shape index (κ2) is 11.1. The van der Waals surface area contributed by atoms with Gasteiger partial charge in [0.2, 0.25) is 0 Å². The molecule has 228 valence electrons. The van der Waals surface area contributed by atoms with Crippen LogP contribution < -0.4 is 0 Å². The van der Waals surface area contributed by atoms with Crippen molar-refractivity contribution in [1.82, 2.24) is 0 Å². The summed E-state index contributed by atoms with van der Waals surface area (Å²) in [5.74, 6) is 0.900. The van der Waals surface area contributed by atoms with Gasteiger partial charge < -0.3 is 4.42 Å². The average Bonchev–Trinajstić information content (AvgIpc) is 3.55. The largest absolute Gasteiger partial charge is 0.455 e. The van der Waals surface area contributed by atoms with Gasteiger partial charge in [-0.05, 0) is 89.1 Å². The van der Waals surface area contributed by atoms with E-state index in [4.69, 9.17) is 4.42 Å². The third kappa shape index (κ3) is 4.33. The molecule has 10 aromatic rings. The molecule has 1 aromatic heterocycles. The predicted octanol–water partition coefficient (Wildman–Crippen LogP) is 13.7. The molecule has 0 aliphatic carbocycles. The van der Waals surface area contributed by atoms with Crippen LogP contribution in [0.15, 0.2) is 186 Å². The molecular weight excluding hydrogens is 593 g/mol. The minimum atomic E-state index is 0.888. The Balaban J connectivity index is 1.42. The quantitative estimate of drug-likeness (QED) is 0.178. The van der Waals surface area contributed by atoms with Gasteiger partial charge in [-0.1, -0.05) is 164 Å². The van der Waals surface area contributed by atoms with Gasteiger partial charge in [-0.2, -0.15) is 0 Å². The zero-order valence-electron chi connectivity index (χ0n) is 26.7. The van der Waals surface area contributed by atoms with E-state index in [-0.39, 0.29) is 0 Å². The third-order valence-corrected chi connectivity index (χ3v) is 10.0. The van der Waals surface area contributed by atoms with Gasteiger partial charge in [-0.3, -0.25) is 0 Å². The maximum atomic E-state index is 6.96. The second-order valence-corrected chi connectivity index (χ2v) is 12.8. The highest BCUT2D eigenvalue weighted by Gasteiger charge is 2.25. The molecule has 0 fully saturated rings. The lowest BCUT2D eigenvalue weighted by atomic mass is 9.82. The van der Waals surface area contributed by atoms with E-state index >= 15 is 0 Å². The van der Waals surface area contributed by atoms with Crippen molar-refractivity contribution in [3.63, 3.8) is 0 Å². The first-order valence-electron chi connectivity index (χ1n) is 16.9. The van der Waals surface area contributed by atoms with E-state index < -0.39 is 0 Å². The minimum Gasteiger partial charge on any atom is -0.455 e. The molecule has 1 heterocycles. The Kier molecular flexibility index (Phi) is 6.25. The summed E-state index contributed by atoms with van der Waals surface area (Å²) in [4.78, 5) is 0. The summed E-state index contributed by atoms with van der Waals surface area (Å²) in [6, 6.07) is 65.7. The SMILES string of the molecule is c1ccc(-c2c(-c3c4ccccc4c(-c4oc5ccccc5c4-c4ccccc4)c4cc5ccccc5cc34)ccc3ccccc23)cc1. The van der Waals surface area contributed by atoms with E-state index in [0.717, 1.165) is 33.4 Å². The van der Waals surface area contributed by atoms with Gasteiger partial charge in [0.15, 0.2) is 0 Å². The zero-order valence-corrected chi connectivity index (χ0v) is 26.7. The van der Waals surface area contributed by atoms with Crippen molar-refractivity contribution in [2.75, 3.05) is 0 Å². The van der Waals surface area contributed by atoms with Crippen molar-refractivity contribution in [2.45, 2.75) is 0 Å². The Hall–Kier alpha value is -6.44. The van der Waals surface area contributed by atoms with Crippen LogP contribution in [0, 0.1) is 0 Å². The average molecular weight is 623 g/mol. The summed E-state index contributed by atoms with van der Waals surface area (Å²) in [6.07, 6.45) is 0. The summed E-state index contributed by atoms with van der Waals surface area (Å²) in [5, 5.41) is 10.8. The third-order valence-electron chi connectivity index (χ3n) is 10.0. The lowest BCUT2D eigenvalue weighted by Gasteiger charge is -2.21. The molecule has 0 atom stereocenters. The molecule has 0 saturated carbocycles. The molecule has 1 heteroatoms. The number of hydrogen-bond donors (Lipinski definition) is 0. The number of para-hydroxylation sites is 1. The highest BCUT2D eigenvalue weighted by Crippen LogP contribution is 2.51. The molecule has 0 radical (unpaired) electrons. The van der Waals surface area contributed by atoms with Gasteiger partial charge in [-0.15, -0.1) is 0 Å². The van der Waals surface area contributed by atoms with Crippen molar-refractivity contribution in [3.05, 3.63) is 182 Å². The fourth-order valence-electron chi connectivity index (χ4n) is 7.91. The highest BCUT2D eigenvalue weighted by molar-refractivity contribution is 6.26. The topological polar surface area (TPSA) is 13.1 Å². The van der Waals surface area contributed by atoms with Crippen molar-refractivity contribution in [1.29, 1.82) is 0 Å². The van der Waals surface area contributed by atoms with Crippen molar-refractivity contribution in [3.8, 4) is 44.7 Å². The number of rotatable bonds is 4. The molecule has 0 bridgehead atoms. The number of hydrogen-bond acceptors (Lipinski definition) is 1. The van der Waals surface area contributed by atoms with Gasteiger partial charge >= 0.3 is 0 Å². The van der Waals surface area contributed by atoms with Crippen LogP contribution in [0.25, 0.3) is 98.8 Å². The van der Waals surface area contributed by atoms with Crippen molar-refractivity contribution < 1.29 is 4.42 Å². The van der Waals surface area contributed by atoms with Crippen LogP contribution in [0.2, 0.25) is 0 Å². The van der Waals surface area contributed by atoms with Gasteiger partial charge in [0.05, 0.1) is 0 Å². The standard InChI is InChI=1S/C48H30O/c1-3-16-32(17-4-1)44-36-22-10-9-15-31(36)27-28-40(44)46-37-23-11-12-24-38(37)47(42-30-35-21-8-7-20-34(35)29-41(42)46)48-45(33-18-5-2-6-19-33)39-25-13-14-26-43(39)49-48/h1-30H. The molecule has 1 nitrogen and oxygen atoms in total. The van der Waals surface area contributed by atoms with E-state index in [1.807, 2.05) is 0 Å². The Morgan fingerprint density at radius 1 is 0.286 bits per heavy atom. The molecular formula is C48H30O. The van der Waals surface area contributed by atoms with E-state index in [1.165, 1.54) is 65.3 Å². The first kappa shape index (κ1) is 27.7. The molecule has 0 N–H and O–H groups in total. The van der Waals surface area contributed by atoms with Gasteiger partial charge in [0, 0.05) is 16.5 Å². The molecule has 9 aromatic carbocycles. The van der Waals surface area contributed by atoms with E-state index in [9.17, 15) is 0 Å². The highest BCUT2D eigenvalue weighted by atomic mass is 16.3. The molecule has 0 saturated heterocycles. The molecule has 49 heavy (non-hydrogen) atoms. The summed E-state index contributed by atoms with van der Waals surface area (Å²) < 4.78 is 6.96. The normalized spacial score (nSPS) is 11.7. The molecule has 0 amide bonds. The first-order valence-corrected chi connectivity index (χ1v) is 16.9. The lowest BCUT2D eigenvalue weighted by Crippen LogP contribution is -1.94. The summed E-state index contributed by atoms with van der Waals surface area (Å²) in [5.41, 5.74) is 9.20. The van der Waals surface area contributed by atoms with E-state index in [2.05, 4.69) is 182 Å². The summed E-state index contributed by atoms with van der Waals surface area (Å²) in [6.45, 7) is 0. The monoisotopic (exact) mass is 622 g/mol. The maximum Gasteiger partial charge on any atom is 0.144 e. The van der Waals surface area contributed by atoms with Gasteiger partial charge in [0.25, 0.3) is 0 Å². The van der Waals surface area contributed by atoms with Crippen LogP contribution in [-0.4, -0.2) is 0 Å². The van der Waals surface area contributed by atoms with E-state index in [1.54, 1.807) is 0 Å². The van der Waals surface area contributed by atoms with E-state index in [0.29, 0.717) is 0 Å².